The molecule has 82 valence electrons. The Bertz CT molecular complexity index is 325. The second kappa shape index (κ2) is 6.30. The van der Waals surface area contributed by atoms with Gasteiger partial charge in [-0.3, -0.25) is 4.79 Å². The third kappa shape index (κ3) is 4.21. The van der Waals surface area contributed by atoms with Crippen LogP contribution in [-0.4, -0.2) is 18.5 Å². The Morgan fingerprint density at radius 1 is 1.40 bits per heavy atom. The van der Waals surface area contributed by atoms with E-state index in [4.69, 9.17) is 21.1 Å². The molecular weight excluding hydrogens is 216 g/mol. The first-order valence-corrected chi connectivity index (χ1v) is 5.29. The van der Waals surface area contributed by atoms with Crippen LogP contribution in [0.4, 0.5) is 0 Å². The van der Waals surface area contributed by atoms with Crippen LogP contribution in [0.2, 0.25) is 0 Å². The fourth-order valence-electron chi connectivity index (χ4n) is 0.988. The lowest BCUT2D eigenvalue weighted by Gasteiger charge is -2.06. The highest BCUT2D eigenvalue weighted by atomic mass is 35.5. The van der Waals surface area contributed by atoms with Crippen molar-refractivity contribution in [2.24, 2.45) is 0 Å². The van der Waals surface area contributed by atoms with Crippen LogP contribution in [0.5, 0.6) is 11.5 Å². The van der Waals surface area contributed by atoms with Crippen LogP contribution in [0.25, 0.3) is 0 Å². The average molecular weight is 229 g/mol. The molecule has 1 aromatic rings. The first-order chi connectivity index (χ1) is 7.26. The Labute approximate surface area is 93.9 Å². The summed E-state index contributed by atoms with van der Waals surface area (Å²) in [6.45, 7) is 2.18. The molecule has 0 atom stereocenters. The van der Waals surface area contributed by atoms with E-state index in [-0.39, 0.29) is 5.97 Å². The normalized spacial score (nSPS) is 9.73. The molecule has 3 nitrogen and oxygen atoms in total. The number of halogens is 1. The lowest BCUT2D eigenvalue weighted by Crippen LogP contribution is -2.05. The number of rotatable bonds is 5. The maximum absolute atomic E-state index is 11.0. The van der Waals surface area contributed by atoms with Crippen LogP contribution in [-0.2, 0) is 4.79 Å². The van der Waals surface area contributed by atoms with Crippen molar-refractivity contribution in [3.05, 3.63) is 24.3 Å². The molecule has 15 heavy (non-hydrogen) atoms. The van der Waals surface area contributed by atoms with Gasteiger partial charge in [-0.2, -0.15) is 0 Å². The van der Waals surface area contributed by atoms with E-state index in [0.717, 1.165) is 0 Å². The van der Waals surface area contributed by atoms with Crippen LogP contribution in [0.15, 0.2) is 24.3 Å². The standard InChI is InChI=1S/C11H13ClO3/c1-2-11(13)15-10-5-3-4-9(8-10)14-7-6-12/h3-5,8H,2,6-7H2,1H3. The number of hydrogen-bond acceptors (Lipinski definition) is 3. The van der Waals surface area contributed by atoms with Crippen molar-refractivity contribution in [2.75, 3.05) is 12.5 Å². The van der Waals surface area contributed by atoms with Gasteiger partial charge in [0, 0.05) is 12.5 Å². The van der Waals surface area contributed by atoms with Crippen LogP contribution in [0, 0.1) is 0 Å². The molecule has 0 aliphatic rings. The quantitative estimate of drug-likeness (QED) is 0.442. The van der Waals surface area contributed by atoms with Crippen LogP contribution in [0.3, 0.4) is 0 Å². The first-order valence-electron chi connectivity index (χ1n) is 4.75. The van der Waals surface area contributed by atoms with Crippen molar-refractivity contribution in [1.29, 1.82) is 0 Å². The van der Waals surface area contributed by atoms with Gasteiger partial charge in [0.1, 0.15) is 18.1 Å². The van der Waals surface area contributed by atoms with E-state index in [0.29, 0.717) is 30.4 Å². The molecule has 1 aromatic carbocycles. The van der Waals surface area contributed by atoms with E-state index in [1.54, 1.807) is 31.2 Å². The number of esters is 1. The van der Waals surface area contributed by atoms with Crippen molar-refractivity contribution >= 4 is 17.6 Å². The van der Waals surface area contributed by atoms with Crippen molar-refractivity contribution in [2.45, 2.75) is 13.3 Å². The topological polar surface area (TPSA) is 35.5 Å². The summed E-state index contributed by atoms with van der Waals surface area (Å²) in [6.07, 6.45) is 0.354. The molecule has 0 aromatic heterocycles. The van der Waals surface area contributed by atoms with Gasteiger partial charge in [0.25, 0.3) is 0 Å². The molecule has 0 unspecified atom stereocenters. The largest absolute Gasteiger partial charge is 0.492 e. The molecular formula is C11H13ClO3. The second-order valence-electron chi connectivity index (χ2n) is 2.84. The molecule has 0 bridgehead atoms. The third-order valence-electron chi connectivity index (χ3n) is 1.67. The lowest BCUT2D eigenvalue weighted by atomic mass is 10.3. The molecule has 0 amide bonds. The summed E-state index contributed by atoms with van der Waals surface area (Å²) in [5, 5.41) is 0. The summed E-state index contributed by atoms with van der Waals surface area (Å²) < 4.78 is 10.3. The minimum absolute atomic E-state index is 0.260. The number of benzene rings is 1. The maximum atomic E-state index is 11.0. The van der Waals surface area contributed by atoms with Gasteiger partial charge in [0.05, 0.1) is 5.88 Å². The molecule has 0 fully saturated rings. The Morgan fingerprint density at radius 2 is 2.13 bits per heavy atom. The van der Waals surface area contributed by atoms with Crippen LogP contribution >= 0.6 is 11.6 Å². The number of ether oxygens (including phenoxy) is 2. The van der Waals surface area contributed by atoms with Crippen LogP contribution < -0.4 is 9.47 Å². The van der Waals surface area contributed by atoms with E-state index in [2.05, 4.69) is 0 Å². The minimum Gasteiger partial charge on any atom is -0.492 e. The van der Waals surface area contributed by atoms with Crippen LogP contribution in [0.1, 0.15) is 13.3 Å². The summed E-state index contributed by atoms with van der Waals surface area (Å²) >= 11 is 5.49. The van der Waals surface area contributed by atoms with Gasteiger partial charge in [0.15, 0.2) is 0 Å². The molecule has 1 rings (SSSR count). The summed E-state index contributed by atoms with van der Waals surface area (Å²) in [7, 11) is 0. The molecule has 0 heterocycles. The van der Waals surface area contributed by atoms with Crippen molar-refractivity contribution in [1.82, 2.24) is 0 Å². The number of carbonyl (C=O) groups is 1. The second-order valence-corrected chi connectivity index (χ2v) is 3.22. The highest BCUT2D eigenvalue weighted by molar-refractivity contribution is 6.18. The Hall–Kier alpha value is -1.22. The molecule has 0 N–H and O–H groups in total. The number of hydrogen-bond donors (Lipinski definition) is 0. The smallest absolute Gasteiger partial charge is 0.310 e. The summed E-state index contributed by atoms with van der Waals surface area (Å²) in [6, 6.07) is 6.93. The summed E-state index contributed by atoms with van der Waals surface area (Å²) in [4.78, 5) is 11.0. The van der Waals surface area contributed by atoms with Gasteiger partial charge < -0.3 is 9.47 Å². The van der Waals surface area contributed by atoms with Crippen molar-refractivity contribution < 1.29 is 14.3 Å². The zero-order chi connectivity index (χ0) is 11.1. The Balaban J connectivity index is 2.61. The fourth-order valence-corrected chi connectivity index (χ4v) is 1.06. The Kier molecular flexibility index (Phi) is 4.98. The minimum atomic E-state index is -0.260. The molecule has 0 saturated heterocycles. The first kappa shape index (κ1) is 11.9. The Morgan fingerprint density at radius 3 is 2.80 bits per heavy atom. The number of carbonyl (C=O) groups excluding carboxylic acids is 1. The van der Waals surface area contributed by atoms with Gasteiger partial charge in [-0.1, -0.05) is 13.0 Å². The van der Waals surface area contributed by atoms with Crippen molar-refractivity contribution in [3.8, 4) is 11.5 Å². The van der Waals surface area contributed by atoms with Gasteiger partial charge in [-0.25, -0.2) is 0 Å². The third-order valence-corrected chi connectivity index (χ3v) is 1.83. The summed E-state index contributed by atoms with van der Waals surface area (Å²) in [5.74, 6) is 1.31. The zero-order valence-electron chi connectivity index (χ0n) is 8.53. The molecule has 0 radical (unpaired) electrons. The zero-order valence-corrected chi connectivity index (χ0v) is 9.29. The predicted octanol–water partition coefficient (Wildman–Crippen LogP) is 2.62. The van der Waals surface area contributed by atoms with Gasteiger partial charge >= 0.3 is 5.97 Å². The highest BCUT2D eigenvalue weighted by Crippen LogP contribution is 2.19. The maximum Gasteiger partial charge on any atom is 0.310 e. The number of alkyl halides is 1. The molecule has 0 aliphatic heterocycles. The molecule has 0 aliphatic carbocycles. The van der Waals surface area contributed by atoms with Gasteiger partial charge in [0.2, 0.25) is 0 Å². The molecule has 0 spiro atoms. The lowest BCUT2D eigenvalue weighted by molar-refractivity contribution is -0.134. The van der Waals surface area contributed by atoms with E-state index < -0.39 is 0 Å². The van der Waals surface area contributed by atoms with E-state index >= 15 is 0 Å². The predicted molar refractivity (Wildman–Crippen MR) is 58.6 cm³/mol. The van der Waals surface area contributed by atoms with Gasteiger partial charge in [-0.15, -0.1) is 11.6 Å². The van der Waals surface area contributed by atoms with E-state index in [1.165, 1.54) is 0 Å². The molecule has 4 heteroatoms. The average Bonchev–Trinajstić information content (AvgIpc) is 2.26. The highest BCUT2D eigenvalue weighted by Gasteiger charge is 2.02. The van der Waals surface area contributed by atoms with E-state index in [1.807, 2.05) is 0 Å². The van der Waals surface area contributed by atoms with E-state index in [9.17, 15) is 4.79 Å². The monoisotopic (exact) mass is 228 g/mol. The van der Waals surface area contributed by atoms with Gasteiger partial charge in [-0.05, 0) is 12.1 Å². The fraction of sp³-hybridized carbons (Fsp3) is 0.364. The SMILES string of the molecule is CCC(=O)Oc1cccc(OCCCl)c1. The summed E-state index contributed by atoms with van der Waals surface area (Å²) in [5.41, 5.74) is 0. The molecule has 0 saturated carbocycles. The van der Waals surface area contributed by atoms with Crippen molar-refractivity contribution in [3.63, 3.8) is 0 Å².